The largest absolute Gasteiger partial charge is 0.478 e. The Morgan fingerprint density at radius 3 is 2.33 bits per heavy atom. The second-order valence-electron chi connectivity index (χ2n) is 6.25. The summed E-state index contributed by atoms with van der Waals surface area (Å²) in [6.07, 6.45) is 0. The SMILES string of the molecule is Cc1cc(NC(=O)[C@H]2[C@H](c3ccc(Cl)c(Cl)c3)C2(Cl)Cl)cc(C(=O)O)c1Cl. The average Bonchev–Trinajstić information content (AvgIpc) is 3.15. The van der Waals surface area contributed by atoms with Gasteiger partial charge in [-0.2, -0.15) is 0 Å². The highest BCUT2D eigenvalue weighted by Gasteiger charge is 2.67. The maximum atomic E-state index is 12.7. The number of halogens is 5. The van der Waals surface area contributed by atoms with Crippen LogP contribution in [0.15, 0.2) is 30.3 Å². The Hall–Kier alpha value is -1.17. The van der Waals surface area contributed by atoms with Crippen molar-refractivity contribution in [3.8, 4) is 0 Å². The van der Waals surface area contributed by atoms with Gasteiger partial charge in [-0.25, -0.2) is 4.79 Å². The van der Waals surface area contributed by atoms with Gasteiger partial charge in [0.15, 0.2) is 0 Å². The van der Waals surface area contributed by atoms with Crippen LogP contribution in [0.1, 0.15) is 27.4 Å². The van der Waals surface area contributed by atoms with Crippen molar-refractivity contribution in [2.24, 2.45) is 5.92 Å². The highest BCUT2D eigenvalue weighted by atomic mass is 35.5. The molecule has 0 aromatic heterocycles. The van der Waals surface area contributed by atoms with E-state index < -0.39 is 28.0 Å². The first-order valence-corrected chi connectivity index (χ1v) is 9.60. The Bertz CT molecular complexity index is 960. The third-order valence-electron chi connectivity index (χ3n) is 4.39. The first kappa shape index (κ1) is 20.6. The minimum atomic E-state index is -1.31. The number of carbonyl (C=O) groups is 2. The lowest BCUT2D eigenvalue weighted by molar-refractivity contribution is -0.117. The number of aromatic carboxylic acids is 1. The number of aryl methyl sites for hydroxylation is 1. The van der Waals surface area contributed by atoms with Crippen LogP contribution in [0, 0.1) is 12.8 Å². The first-order chi connectivity index (χ1) is 12.5. The molecule has 0 bridgehead atoms. The second-order valence-corrected chi connectivity index (χ2v) is 8.89. The van der Waals surface area contributed by atoms with Gasteiger partial charge in [0, 0.05) is 11.6 Å². The zero-order chi connectivity index (χ0) is 20.1. The van der Waals surface area contributed by atoms with Crippen LogP contribution in [-0.2, 0) is 4.79 Å². The second kappa shape index (κ2) is 7.34. The lowest BCUT2D eigenvalue weighted by Gasteiger charge is -2.10. The van der Waals surface area contributed by atoms with E-state index in [9.17, 15) is 14.7 Å². The van der Waals surface area contributed by atoms with E-state index in [1.54, 1.807) is 31.2 Å². The molecule has 2 aromatic carbocycles. The number of hydrogen-bond donors (Lipinski definition) is 2. The van der Waals surface area contributed by atoms with Crippen molar-refractivity contribution >= 4 is 75.6 Å². The zero-order valence-corrected chi connectivity index (χ0v) is 17.5. The number of anilines is 1. The molecule has 0 spiro atoms. The van der Waals surface area contributed by atoms with E-state index in [-0.39, 0.29) is 10.6 Å². The number of rotatable bonds is 4. The number of carboxylic acids is 1. The van der Waals surface area contributed by atoms with Crippen molar-refractivity contribution in [2.75, 3.05) is 5.32 Å². The summed E-state index contributed by atoms with van der Waals surface area (Å²) in [6, 6.07) is 7.80. The third kappa shape index (κ3) is 3.87. The Kier molecular flexibility index (Phi) is 5.59. The zero-order valence-electron chi connectivity index (χ0n) is 13.7. The van der Waals surface area contributed by atoms with E-state index in [0.29, 0.717) is 26.9 Å². The number of hydrogen-bond acceptors (Lipinski definition) is 2. The Balaban J connectivity index is 1.84. The van der Waals surface area contributed by atoms with Crippen LogP contribution in [0.3, 0.4) is 0 Å². The topological polar surface area (TPSA) is 66.4 Å². The lowest BCUT2D eigenvalue weighted by atomic mass is 10.1. The van der Waals surface area contributed by atoms with Gasteiger partial charge in [0.25, 0.3) is 0 Å². The fourth-order valence-electron chi connectivity index (χ4n) is 2.99. The van der Waals surface area contributed by atoms with E-state index in [1.165, 1.54) is 6.07 Å². The molecule has 1 aliphatic carbocycles. The molecular weight excluding hydrogens is 455 g/mol. The fraction of sp³-hybridized carbons (Fsp3) is 0.222. The van der Waals surface area contributed by atoms with Crippen LogP contribution >= 0.6 is 58.0 Å². The third-order valence-corrected chi connectivity index (χ3v) is 6.57. The van der Waals surface area contributed by atoms with Crippen molar-refractivity contribution in [3.63, 3.8) is 0 Å². The molecule has 142 valence electrons. The molecule has 0 radical (unpaired) electrons. The molecule has 27 heavy (non-hydrogen) atoms. The van der Waals surface area contributed by atoms with E-state index >= 15 is 0 Å². The Labute approximate surface area is 180 Å². The quantitative estimate of drug-likeness (QED) is 0.528. The molecular formula is C18H12Cl5NO3. The van der Waals surface area contributed by atoms with Gasteiger partial charge in [-0.05, 0) is 42.3 Å². The predicted molar refractivity (Wildman–Crippen MR) is 109 cm³/mol. The lowest BCUT2D eigenvalue weighted by Crippen LogP contribution is -2.17. The van der Waals surface area contributed by atoms with E-state index in [1.807, 2.05) is 0 Å². The van der Waals surface area contributed by atoms with Crippen LogP contribution in [0.25, 0.3) is 0 Å². The van der Waals surface area contributed by atoms with E-state index in [4.69, 9.17) is 58.0 Å². The summed E-state index contributed by atoms with van der Waals surface area (Å²) in [5, 5.41) is 12.7. The number of benzene rings is 2. The van der Waals surface area contributed by atoms with Gasteiger partial charge in [0.2, 0.25) is 5.91 Å². The molecule has 0 unspecified atom stereocenters. The van der Waals surface area contributed by atoms with Crippen LogP contribution < -0.4 is 5.32 Å². The van der Waals surface area contributed by atoms with Crippen LogP contribution in [-0.4, -0.2) is 21.3 Å². The van der Waals surface area contributed by atoms with Gasteiger partial charge in [-0.1, -0.05) is 40.9 Å². The van der Waals surface area contributed by atoms with Gasteiger partial charge in [-0.3, -0.25) is 4.79 Å². The van der Waals surface area contributed by atoms with Crippen LogP contribution in [0.2, 0.25) is 15.1 Å². The summed E-state index contributed by atoms with van der Waals surface area (Å²) in [4.78, 5) is 24.0. The first-order valence-electron chi connectivity index (χ1n) is 7.71. The van der Waals surface area contributed by atoms with Crippen molar-refractivity contribution in [1.82, 2.24) is 0 Å². The van der Waals surface area contributed by atoms with Gasteiger partial charge in [0.05, 0.1) is 26.5 Å². The molecule has 1 amide bonds. The van der Waals surface area contributed by atoms with Gasteiger partial charge in [0.1, 0.15) is 4.33 Å². The normalized spacial score (nSPS) is 20.2. The van der Waals surface area contributed by atoms with Gasteiger partial charge in [-0.15, -0.1) is 23.2 Å². The summed E-state index contributed by atoms with van der Waals surface area (Å²) in [7, 11) is 0. The van der Waals surface area contributed by atoms with Crippen molar-refractivity contribution in [2.45, 2.75) is 17.2 Å². The minimum absolute atomic E-state index is 0.105. The molecule has 0 aliphatic heterocycles. The maximum Gasteiger partial charge on any atom is 0.337 e. The summed E-state index contributed by atoms with van der Waals surface area (Å²) >= 11 is 30.6. The maximum absolute atomic E-state index is 12.7. The standard InChI is InChI=1S/C18H12Cl5NO3/c1-7-4-9(6-10(15(7)21)17(26)27)24-16(25)14-13(18(14,22)23)8-2-3-11(19)12(20)5-8/h2-6,13-14H,1H3,(H,24,25)(H,26,27)/t13-,14+/m0/s1. The molecule has 0 heterocycles. The highest BCUT2D eigenvalue weighted by Crippen LogP contribution is 2.65. The fourth-order valence-corrected chi connectivity index (χ4v) is 4.32. The molecule has 2 N–H and O–H groups in total. The highest BCUT2D eigenvalue weighted by molar-refractivity contribution is 6.53. The predicted octanol–water partition coefficient (Wildman–Crippen LogP) is 6.18. The van der Waals surface area contributed by atoms with E-state index in [0.717, 1.165) is 0 Å². The summed E-state index contributed by atoms with van der Waals surface area (Å²) in [6.45, 7) is 1.65. The average molecular weight is 468 g/mol. The molecule has 3 rings (SSSR count). The molecule has 4 nitrogen and oxygen atoms in total. The summed E-state index contributed by atoms with van der Waals surface area (Å²) in [5.74, 6) is -2.83. The molecule has 9 heteroatoms. The summed E-state index contributed by atoms with van der Waals surface area (Å²) < 4.78 is -1.31. The van der Waals surface area contributed by atoms with Gasteiger partial charge >= 0.3 is 5.97 Å². The summed E-state index contributed by atoms with van der Waals surface area (Å²) in [5.41, 5.74) is 1.40. The van der Waals surface area contributed by atoms with Gasteiger partial charge < -0.3 is 10.4 Å². The molecule has 1 fully saturated rings. The number of carbonyl (C=O) groups excluding carboxylic acids is 1. The van der Waals surface area contributed by atoms with Crippen molar-refractivity contribution < 1.29 is 14.7 Å². The van der Waals surface area contributed by atoms with Crippen LogP contribution in [0.4, 0.5) is 5.69 Å². The number of amides is 1. The number of alkyl halides is 2. The molecule has 1 saturated carbocycles. The number of carboxylic acid groups (broad SMARTS) is 1. The number of nitrogens with one attached hydrogen (secondary N) is 1. The Morgan fingerprint density at radius 2 is 1.74 bits per heavy atom. The smallest absolute Gasteiger partial charge is 0.337 e. The monoisotopic (exact) mass is 465 g/mol. The molecule has 2 atom stereocenters. The Morgan fingerprint density at radius 1 is 1.07 bits per heavy atom. The van der Waals surface area contributed by atoms with Crippen molar-refractivity contribution in [1.29, 1.82) is 0 Å². The van der Waals surface area contributed by atoms with E-state index in [2.05, 4.69) is 5.32 Å². The minimum Gasteiger partial charge on any atom is -0.478 e. The molecule has 2 aromatic rings. The molecule has 1 aliphatic rings. The van der Waals surface area contributed by atoms with Crippen molar-refractivity contribution in [3.05, 3.63) is 62.1 Å². The van der Waals surface area contributed by atoms with Crippen LogP contribution in [0.5, 0.6) is 0 Å². The molecule has 0 saturated heterocycles.